The molecular formula is C9H8BrF3N2O2S. The first kappa shape index (κ1) is 15.1. The molecule has 0 aliphatic heterocycles. The van der Waals surface area contributed by atoms with Crippen LogP contribution in [0.5, 0.6) is 0 Å². The number of hydrogen-bond acceptors (Lipinski definition) is 3. The quantitative estimate of drug-likeness (QED) is 0.786. The number of pyridine rings is 1. The summed E-state index contributed by atoms with van der Waals surface area (Å²) in [6.45, 7) is 1.65. The third-order valence-electron chi connectivity index (χ3n) is 1.91. The zero-order chi connectivity index (χ0) is 14.1. The summed E-state index contributed by atoms with van der Waals surface area (Å²) in [5.41, 5.74) is 0.629. The van der Waals surface area contributed by atoms with Gasteiger partial charge < -0.3 is 0 Å². The van der Waals surface area contributed by atoms with Crippen molar-refractivity contribution in [3.63, 3.8) is 0 Å². The van der Waals surface area contributed by atoms with Gasteiger partial charge in [-0.2, -0.15) is 13.2 Å². The lowest BCUT2D eigenvalue weighted by Gasteiger charge is -2.06. The molecule has 4 nitrogen and oxygen atoms in total. The normalized spacial score (nSPS) is 15.0. The second-order valence-electron chi connectivity index (χ2n) is 3.47. The van der Waals surface area contributed by atoms with Crippen LogP contribution in [-0.2, 0) is 14.5 Å². The Kier molecular flexibility index (Phi) is 4.16. The molecule has 1 aromatic rings. The smallest absolute Gasteiger partial charge is 0.261 e. The van der Waals surface area contributed by atoms with E-state index in [2.05, 4.69) is 25.3 Å². The number of aryl methyl sites for hydroxylation is 1. The van der Waals surface area contributed by atoms with Gasteiger partial charge in [0.15, 0.2) is 0 Å². The first-order chi connectivity index (χ1) is 8.04. The fraction of sp³-hybridized carbons (Fsp3) is 0.333. The monoisotopic (exact) mass is 344 g/mol. The molecule has 1 aromatic heterocycles. The second-order valence-corrected chi connectivity index (χ2v) is 6.53. The van der Waals surface area contributed by atoms with E-state index in [1.165, 1.54) is 12.3 Å². The number of carbonyl (C=O) groups excluding carboxylic acids is 1. The molecule has 1 rings (SSSR count). The maximum Gasteiger partial charge on any atom is 0.474 e. The molecule has 0 radical (unpaired) electrons. The topological polar surface area (TPSA) is 59.4 Å². The zero-order valence-electron chi connectivity index (χ0n) is 9.29. The molecule has 0 aromatic carbocycles. The van der Waals surface area contributed by atoms with Crippen LogP contribution in [0.25, 0.3) is 0 Å². The van der Waals surface area contributed by atoms with Crippen molar-refractivity contribution in [2.24, 2.45) is 4.36 Å². The fourth-order valence-electron chi connectivity index (χ4n) is 0.977. The lowest BCUT2D eigenvalue weighted by molar-refractivity contribution is -0.169. The van der Waals surface area contributed by atoms with E-state index < -0.39 is 21.8 Å². The Labute approximate surface area is 110 Å². The van der Waals surface area contributed by atoms with E-state index in [1.807, 2.05) is 0 Å². The first-order valence-electron chi connectivity index (χ1n) is 4.49. The second kappa shape index (κ2) is 4.96. The number of nitrogens with zero attached hydrogens (tertiary/aromatic N) is 2. The van der Waals surface area contributed by atoms with Crippen LogP contribution < -0.4 is 0 Å². The maximum atomic E-state index is 12.0. The molecule has 100 valence electrons. The van der Waals surface area contributed by atoms with E-state index in [9.17, 15) is 22.2 Å². The third-order valence-corrected chi connectivity index (χ3v) is 4.25. The van der Waals surface area contributed by atoms with Gasteiger partial charge in [-0.25, -0.2) is 9.19 Å². The number of hydrogen-bond donors (Lipinski definition) is 0. The van der Waals surface area contributed by atoms with Crippen LogP contribution in [0, 0.1) is 6.92 Å². The van der Waals surface area contributed by atoms with E-state index in [0.717, 1.165) is 6.26 Å². The average Bonchev–Trinajstić information content (AvgIpc) is 2.19. The van der Waals surface area contributed by atoms with Gasteiger partial charge in [-0.1, -0.05) is 0 Å². The number of aromatic nitrogens is 1. The summed E-state index contributed by atoms with van der Waals surface area (Å²) in [4.78, 5) is 14.4. The van der Waals surface area contributed by atoms with Crippen LogP contribution in [-0.4, -0.2) is 27.5 Å². The van der Waals surface area contributed by atoms with Crippen LogP contribution in [0.3, 0.4) is 0 Å². The molecular weight excluding hydrogens is 337 g/mol. The van der Waals surface area contributed by atoms with Crippen molar-refractivity contribution in [2.75, 3.05) is 6.26 Å². The Morgan fingerprint density at radius 1 is 1.50 bits per heavy atom. The fourth-order valence-corrected chi connectivity index (χ4v) is 2.35. The van der Waals surface area contributed by atoms with Crippen molar-refractivity contribution in [3.8, 4) is 0 Å². The molecule has 0 aliphatic carbocycles. The van der Waals surface area contributed by atoms with Crippen molar-refractivity contribution in [3.05, 3.63) is 22.3 Å². The number of alkyl halides is 3. The maximum absolute atomic E-state index is 12.0. The molecule has 1 atom stereocenters. The Balaban J connectivity index is 3.30. The summed E-state index contributed by atoms with van der Waals surface area (Å²) >= 11 is 3.15. The van der Waals surface area contributed by atoms with Gasteiger partial charge in [-0.05, 0) is 34.5 Å². The van der Waals surface area contributed by atoms with Crippen LogP contribution in [0.15, 0.2) is 26.1 Å². The minimum atomic E-state index is -5.14. The largest absolute Gasteiger partial charge is 0.474 e. The molecule has 0 bridgehead atoms. The highest BCUT2D eigenvalue weighted by Crippen LogP contribution is 2.21. The third kappa shape index (κ3) is 3.52. The number of halogens is 4. The molecule has 18 heavy (non-hydrogen) atoms. The van der Waals surface area contributed by atoms with Gasteiger partial charge in [0, 0.05) is 16.9 Å². The highest BCUT2D eigenvalue weighted by molar-refractivity contribution is 9.10. The van der Waals surface area contributed by atoms with Gasteiger partial charge in [0.1, 0.15) is 5.03 Å². The number of rotatable bonds is 1. The van der Waals surface area contributed by atoms with Crippen molar-refractivity contribution < 1.29 is 22.2 Å². The lowest BCUT2D eigenvalue weighted by atomic mass is 10.3. The van der Waals surface area contributed by atoms with Gasteiger partial charge in [-0.3, -0.25) is 4.79 Å². The highest BCUT2D eigenvalue weighted by Gasteiger charge is 2.39. The van der Waals surface area contributed by atoms with Crippen molar-refractivity contribution >= 4 is 31.6 Å². The summed E-state index contributed by atoms with van der Waals surface area (Å²) in [6.07, 6.45) is -2.91. The van der Waals surface area contributed by atoms with Crippen LogP contribution >= 0.6 is 15.9 Å². The van der Waals surface area contributed by atoms with Gasteiger partial charge in [0.25, 0.3) is 0 Å². The molecule has 0 aliphatic rings. The van der Waals surface area contributed by atoms with Gasteiger partial charge >= 0.3 is 12.1 Å². The van der Waals surface area contributed by atoms with Crippen molar-refractivity contribution in [1.29, 1.82) is 0 Å². The summed E-state index contributed by atoms with van der Waals surface area (Å²) in [5, 5.41) is -0.166. The van der Waals surface area contributed by atoms with E-state index >= 15 is 0 Å². The van der Waals surface area contributed by atoms with Crippen molar-refractivity contribution in [2.45, 2.75) is 18.1 Å². The lowest BCUT2D eigenvalue weighted by Crippen LogP contribution is -2.22. The molecule has 9 heteroatoms. The van der Waals surface area contributed by atoms with Gasteiger partial charge in [-0.15, -0.1) is 4.36 Å². The Morgan fingerprint density at radius 2 is 2.06 bits per heavy atom. The van der Waals surface area contributed by atoms with Gasteiger partial charge in [0.05, 0.1) is 9.73 Å². The summed E-state index contributed by atoms with van der Waals surface area (Å²) in [6, 6.07) is 1.32. The minimum Gasteiger partial charge on any atom is -0.261 e. The highest BCUT2D eigenvalue weighted by atomic mass is 79.9. The van der Waals surface area contributed by atoms with Crippen LogP contribution in [0.1, 0.15) is 5.56 Å². The molecule has 0 N–H and O–H groups in total. The van der Waals surface area contributed by atoms with Gasteiger partial charge in [0.2, 0.25) is 0 Å². The summed E-state index contributed by atoms with van der Waals surface area (Å²) < 4.78 is 51.4. The first-order valence-corrected chi connectivity index (χ1v) is 7.21. The zero-order valence-corrected chi connectivity index (χ0v) is 11.7. The number of carbonyl (C=O) groups is 1. The Hall–Kier alpha value is -0.960. The molecule has 0 fully saturated rings. The van der Waals surface area contributed by atoms with Crippen LogP contribution in [0.4, 0.5) is 13.2 Å². The Bertz CT molecular complexity index is 606. The summed E-state index contributed by atoms with van der Waals surface area (Å²) in [7, 11) is -3.51. The summed E-state index contributed by atoms with van der Waals surface area (Å²) in [5.74, 6) is -2.38. The van der Waals surface area contributed by atoms with Crippen LogP contribution in [0.2, 0.25) is 0 Å². The standard InChI is InChI=1S/C9H8BrF3N2O2S/c1-5-3-7(14-4-6(5)10)18(2,17)15-8(16)9(11,12)13/h3-4H,1-2H3. The van der Waals surface area contributed by atoms with E-state index in [4.69, 9.17) is 0 Å². The molecule has 1 heterocycles. The average molecular weight is 345 g/mol. The predicted molar refractivity (Wildman–Crippen MR) is 62.5 cm³/mol. The predicted octanol–water partition coefficient (Wildman–Crippen LogP) is 2.70. The minimum absolute atomic E-state index is 0.166. The molecule has 1 amide bonds. The van der Waals surface area contributed by atoms with E-state index in [1.54, 1.807) is 6.92 Å². The Morgan fingerprint density at radius 3 is 2.50 bits per heavy atom. The van der Waals surface area contributed by atoms with E-state index in [0.29, 0.717) is 10.0 Å². The molecule has 0 saturated carbocycles. The number of amides is 1. The van der Waals surface area contributed by atoms with Crippen molar-refractivity contribution in [1.82, 2.24) is 4.98 Å². The SMILES string of the molecule is Cc1cc(S(C)(=O)=NC(=O)C(F)(F)F)ncc1Br. The molecule has 1 unspecified atom stereocenters. The molecule has 0 spiro atoms. The molecule has 0 saturated heterocycles. The van der Waals surface area contributed by atoms with E-state index in [-0.39, 0.29) is 5.03 Å².